The van der Waals surface area contributed by atoms with Crippen molar-refractivity contribution < 1.29 is 4.74 Å². The van der Waals surface area contributed by atoms with Crippen LogP contribution in [0.2, 0.25) is 0 Å². The van der Waals surface area contributed by atoms with E-state index in [0.717, 1.165) is 28.8 Å². The Kier molecular flexibility index (Phi) is 6.41. The largest absolute Gasteiger partial charge is 0.491 e. The van der Waals surface area contributed by atoms with Gasteiger partial charge in [-0.3, -0.25) is 0 Å². The second kappa shape index (κ2) is 7.57. The van der Waals surface area contributed by atoms with E-state index in [1.807, 2.05) is 19.1 Å². The molecule has 0 heterocycles. The molecule has 104 valence electrons. The third kappa shape index (κ3) is 6.13. The quantitative estimate of drug-likeness (QED) is 0.649. The number of hydrogen-bond donors (Lipinski definition) is 1. The van der Waals surface area contributed by atoms with Gasteiger partial charge in [0.25, 0.3) is 0 Å². The molecular formula is C16H22BrNO. The zero-order valence-electron chi connectivity index (χ0n) is 12.1. The van der Waals surface area contributed by atoms with Crippen molar-refractivity contribution in [2.45, 2.75) is 46.2 Å². The summed E-state index contributed by atoms with van der Waals surface area (Å²) in [7, 11) is 0. The minimum Gasteiger partial charge on any atom is -0.491 e. The number of hydrogen-bond acceptors (Lipinski definition) is 2. The van der Waals surface area contributed by atoms with Crippen molar-refractivity contribution in [1.82, 2.24) is 5.32 Å². The standard InChI is InChI=1S/C16H22BrNO/c1-5-6-7-11-19-15-13(9-8-10-14(15)17)12-18-16(2,3)4/h8-10,18H,7,11-12H2,1-4H3. The van der Waals surface area contributed by atoms with Gasteiger partial charge < -0.3 is 10.1 Å². The van der Waals surface area contributed by atoms with Crippen molar-refractivity contribution in [3.63, 3.8) is 0 Å². The smallest absolute Gasteiger partial charge is 0.137 e. The highest BCUT2D eigenvalue weighted by Crippen LogP contribution is 2.29. The summed E-state index contributed by atoms with van der Waals surface area (Å²) < 4.78 is 6.84. The summed E-state index contributed by atoms with van der Waals surface area (Å²) in [6.07, 6.45) is 0.754. The Morgan fingerprint density at radius 2 is 2.05 bits per heavy atom. The van der Waals surface area contributed by atoms with Crippen molar-refractivity contribution in [3.05, 3.63) is 28.2 Å². The maximum atomic E-state index is 5.85. The van der Waals surface area contributed by atoms with E-state index >= 15 is 0 Å². The highest BCUT2D eigenvalue weighted by molar-refractivity contribution is 9.10. The first-order valence-electron chi connectivity index (χ1n) is 6.49. The van der Waals surface area contributed by atoms with Crippen molar-refractivity contribution in [1.29, 1.82) is 0 Å². The van der Waals surface area contributed by atoms with E-state index in [9.17, 15) is 0 Å². The Hall–Kier alpha value is -0.980. The Bertz CT molecular complexity index is 466. The molecule has 0 unspecified atom stereocenters. The molecule has 0 amide bonds. The summed E-state index contributed by atoms with van der Waals surface area (Å²) in [5, 5.41) is 3.48. The lowest BCUT2D eigenvalue weighted by Crippen LogP contribution is -2.35. The average molecular weight is 324 g/mol. The second-order valence-electron chi connectivity index (χ2n) is 5.36. The van der Waals surface area contributed by atoms with E-state index in [1.54, 1.807) is 0 Å². The normalized spacial score (nSPS) is 10.8. The number of halogens is 1. The molecule has 0 saturated carbocycles. The van der Waals surface area contributed by atoms with Gasteiger partial charge in [0.05, 0.1) is 11.1 Å². The molecule has 1 aromatic carbocycles. The molecule has 0 aliphatic carbocycles. The minimum atomic E-state index is 0.0905. The van der Waals surface area contributed by atoms with Crippen LogP contribution in [-0.2, 0) is 6.54 Å². The molecule has 0 spiro atoms. The summed E-state index contributed by atoms with van der Waals surface area (Å²) in [5.74, 6) is 6.80. The first kappa shape index (κ1) is 16.1. The number of benzene rings is 1. The van der Waals surface area contributed by atoms with Gasteiger partial charge >= 0.3 is 0 Å². The Morgan fingerprint density at radius 1 is 1.32 bits per heavy atom. The molecule has 2 nitrogen and oxygen atoms in total. The van der Waals surface area contributed by atoms with Crippen LogP contribution in [-0.4, -0.2) is 12.1 Å². The minimum absolute atomic E-state index is 0.0905. The predicted molar refractivity (Wildman–Crippen MR) is 84.3 cm³/mol. The summed E-state index contributed by atoms with van der Waals surface area (Å²) in [6, 6.07) is 6.12. The molecule has 0 atom stereocenters. The van der Waals surface area contributed by atoms with Crippen LogP contribution in [0.3, 0.4) is 0 Å². The van der Waals surface area contributed by atoms with Gasteiger partial charge in [0.1, 0.15) is 5.75 Å². The molecule has 0 radical (unpaired) electrons. The highest BCUT2D eigenvalue weighted by Gasteiger charge is 2.12. The number of rotatable bonds is 5. The number of para-hydroxylation sites is 1. The summed E-state index contributed by atoms with van der Waals surface area (Å²) in [4.78, 5) is 0. The molecule has 0 saturated heterocycles. The fourth-order valence-corrected chi connectivity index (χ4v) is 2.07. The lowest BCUT2D eigenvalue weighted by atomic mass is 10.1. The van der Waals surface area contributed by atoms with Gasteiger partial charge in [0.15, 0.2) is 0 Å². The lowest BCUT2D eigenvalue weighted by molar-refractivity contribution is 0.318. The van der Waals surface area contributed by atoms with Crippen molar-refractivity contribution in [2.24, 2.45) is 0 Å². The van der Waals surface area contributed by atoms with Crippen LogP contribution in [0.4, 0.5) is 0 Å². The lowest BCUT2D eigenvalue weighted by Gasteiger charge is -2.22. The molecule has 0 bridgehead atoms. The average Bonchev–Trinajstić information content (AvgIpc) is 2.33. The molecule has 3 heteroatoms. The van der Waals surface area contributed by atoms with Gasteiger partial charge in [0, 0.05) is 24.1 Å². The van der Waals surface area contributed by atoms with Crippen LogP contribution in [0, 0.1) is 11.8 Å². The first-order chi connectivity index (χ1) is 8.94. The van der Waals surface area contributed by atoms with Crippen molar-refractivity contribution in [3.8, 4) is 17.6 Å². The monoisotopic (exact) mass is 323 g/mol. The van der Waals surface area contributed by atoms with Gasteiger partial charge in [0.2, 0.25) is 0 Å². The predicted octanol–water partition coefficient (Wildman–Crippen LogP) is 4.13. The maximum absolute atomic E-state index is 5.85. The van der Waals surface area contributed by atoms with E-state index in [1.165, 1.54) is 0 Å². The SMILES string of the molecule is CC#CCCOc1c(Br)cccc1CNC(C)(C)C. The molecule has 0 aliphatic heterocycles. The molecule has 19 heavy (non-hydrogen) atoms. The van der Waals surface area contributed by atoms with Gasteiger partial charge in [-0.1, -0.05) is 12.1 Å². The van der Waals surface area contributed by atoms with Crippen molar-refractivity contribution >= 4 is 15.9 Å². The zero-order valence-corrected chi connectivity index (χ0v) is 13.7. The van der Waals surface area contributed by atoms with E-state index in [-0.39, 0.29) is 5.54 Å². The van der Waals surface area contributed by atoms with E-state index in [4.69, 9.17) is 4.74 Å². The van der Waals surface area contributed by atoms with E-state index in [2.05, 4.69) is 59.9 Å². The Morgan fingerprint density at radius 3 is 2.68 bits per heavy atom. The highest BCUT2D eigenvalue weighted by atomic mass is 79.9. The maximum Gasteiger partial charge on any atom is 0.137 e. The van der Waals surface area contributed by atoms with Crippen LogP contribution >= 0.6 is 15.9 Å². The van der Waals surface area contributed by atoms with Crippen LogP contribution < -0.4 is 10.1 Å². The molecular weight excluding hydrogens is 302 g/mol. The second-order valence-corrected chi connectivity index (χ2v) is 6.21. The van der Waals surface area contributed by atoms with E-state index in [0.29, 0.717) is 6.61 Å². The summed E-state index contributed by atoms with van der Waals surface area (Å²) in [5.41, 5.74) is 1.25. The molecule has 1 rings (SSSR count). The molecule has 0 aliphatic rings. The Labute approximate surface area is 125 Å². The fourth-order valence-electron chi connectivity index (χ4n) is 1.54. The molecule has 0 aromatic heterocycles. The van der Waals surface area contributed by atoms with Crippen LogP contribution in [0.15, 0.2) is 22.7 Å². The first-order valence-corrected chi connectivity index (χ1v) is 7.28. The molecule has 0 fully saturated rings. The van der Waals surface area contributed by atoms with Gasteiger partial charge in [-0.2, -0.15) is 0 Å². The fraction of sp³-hybridized carbons (Fsp3) is 0.500. The number of ether oxygens (including phenoxy) is 1. The zero-order chi connectivity index (χ0) is 14.3. The molecule has 1 N–H and O–H groups in total. The van der Waals surface area contributed by atoms with Crippen LogP contribution in [0.1, 0.15) is 39.7 Å². The van der Waals surface area contributed by atoms with Crippen molar-refractivity contribution in [2.75, 3.05) is 6.61 Å². The van der Waals surface area contributed by atoms with Gasteiger partial charge in [-0.25, -0.2) is 0 Å². The third-order valence-corrected chi connectivity index (χ3v) is 3.13. The van der Waals surface area contributed by atoms with Gasteiger partial charge in [-0.15, -0.1) is 11.8 Å². The van der Waals surface area contributed by atoms with Crippen LogP contribution in [0.25, 0.3) is 0 Å². The third-order valence-electron chi connectivity index (χ3n) is 2.51. The van der Waals surface area contributed by atoms with E-state index < -0.39 is 0 Å². The van der Waals surface area contributed by atoms with Gasteiger partial charge in [-0.05, 0) is 49.7 Å². The summed E-state index contributed by atoms with van der Waals surface area (Å²) >= 11 is 3.55. The number of nitrogens with one attached hydrogen (secondary N) is 1. The van der Waals surface area contributed by atoms with Crippen LogP contribution in [0.5, 0.6) is 5.75 Å². The topological polar surface area (TPSA) is 21.3 Å². The summed E-state index contributed by atoms with van der Waals surface area (Å²) in [6.45, 7) is 9.72. The molecule has 1 aromatic rings. The Balaban J connectivity index is 2.73.